The fourth-order valence-electron chi connectivity index (χ4n) is 1.60. The largest absolute Gasteiger partial charge is 0.307 e. The van der Waals surface area contributed by atoms with Crippen LogP contribution in [0.1, 0.15) is 16.8 Å². The Kier molecular flexibility index (Phi) is 4.92. The lowest BCUT2D eigenvalue weighted by Gasteiger charge is -2.07. The minimum absolute atomic E-state index is 0.752. The minimum Gasteiger partial charge on any atom is -0.307 e. The molecule has 4 heteroatoms. The van der Waals surface area contributed by atoms with Crippen LogP contribution in [0.4, 0.5) is 0 Å². The van der Waals surface area contributed by atoms with Crippen LogP contribution in [0.25, 0.3) is 0 Å². The van der Waals surface area contributed by atoms with E-state index in [4.69, 9.17) is 0 Å². The molecule has 0 aliphatic carbocycles. The first-order valence-corrected chi connectivity index (χ1v) is 7.30. The van der Waals surface area contributed by atoms with E-state index in [1.807, 2.05) is 12.3 Å². The number of nitrogens with zero attached hydrogens (tertiary/aromatic N) is 1. The van der Waals surface area contributed by atoms with Crippen molar-refractivity contribution in [1.82, 2.24) is 10.3 Å². The fourth-order valence-corrected chi connectivity index (χ4v) is 2.73. The molecule has 94 valence electrons. The third kappa shape index (κ3) is 3.90. The van der Waals surface area contributed by atoms with Crippen molar-refractivity contribution >= 4 is 31.9 Å². The first-order chi connectivity index (χ1) is 8.65. The van der Waals surface area contributed by atoms with E-state index in [1.165, 1.54) is 11.1 Å². The highest BCUT2D eigenvalue weighted by atomic mass is 79.9. The number of rotatable bonds is 4. The first-order valence-electron chi connectivity index (χ1n) is 5.71. The van der Waals surface area contributed by atoms with Gasteiger partial charge in [0.2, 0.25) is 0 Å². The average Bonchev–Trinajstić information content (AvgIpc) is 2.34. The smallest absolute Gasteiger partial charge is 0.0684 e. The van der Waals surface area contributed by atoms with E-state index < -0.39 is 0 Å². The topological polar surface area (TPSA) is 24.9 Å². The monoisotopic (exact) mass is 368 g/mol. The number of hydrogen-bond acceptors (Lipinski definition) is 2. The Hall–Kier alpha value is -0.710. The zero-order valence-corrected chi connectivity index (χ0v) is 13.3. The van der Waals surface area contributed by atoms with Crippen LogP contribution < -0.4 is 5.32 Å². The van der Waals surface area contributed by atoms with Gasteiger partial charge in [0, 0.05) is 28.2 Å². The molecule has 2 nitrogen and oxygen atoms in total. The van der Waals surface area contributed by atoms with Gasteiger partial charge in [-0.05, 0) is 50.4 Å². The summed E-state index contributed by atoms with van der Waals surface area (Å²) in [5.74, 6) is 0. The molecule has 1 N–H and O–H groups in total. The van der Waals surface area contributed by atoms with Crippen LogP contribution in [0.5, 0.6) is 0 Å². The second kappa shape index (κ2) is 6.45. The molecule has 0 unspecified atom stereocenters. The van der Waals surface area contributed by atoms with Crippen molar-refractivity contribution in [1.29, 1.82) is 0 Å². The van der Waals surface area contributed by atoms with Crippen LogP contribution in [0, 0.1) is 6.92 Å². The van der Waals surface area contributed by atoms with Crippen molar-refractivity contribution in [2.45, 2.75) is 20.0 Å². The summed E-state index contributed by atoms with van der Waals surface area (Å²) in [6, 6.07) is 10.6. The van der Waals surface area contributed by atoms with Crippen LogP contribution in [0.15, 0.2) is 45.5 Å². The van der Waals surface area contributed by atoms with E-state index in [0.29, 0.717) is 0 Å². The molecule has 1 heterocycles. The Morgan fingerprint density at radius 3 is 2.50 bits per heavy atom. The van der Waals surface area contributed by atoms with Crippen molar-refractivity contribution in [3.63, 3.8) is 0 Å². The number of aromatic nitrogens is 1. The Morgan fingerprint density at radius 2 is 1.83 bits per heavy atom. The van der Waals surface area contributed by atoms with E-state index >= 15 is 0 Å². The molecule has 0 bridgehead atoms. The van der Waals surface area contributed by atoms with Crippen LogP contribution in [0.3, 0.4) is 0 Å². The molecule has 0 spiro atoms. The van der Waals surface area contributed by atoms with Gasteiger partial charge in [0.15, 0.2) is 0 Å². The number of halogens is 2. The molecule has 0 aliphatic heterocycles. The third-order valence-corrected chi connectivity index (χ3v) is 3.75. The van der Waals surface area contributed by atoms with Gasteiger partial charge < -0.3 is 5.32 Å². The van der Waals surface area contributed by atoms with Gasteiger partial charge in [-0.2, -0.15) is 0 Å². The standard InChI is InChI=1S/C14H14Br2N2/c1-10-2-4-11(5-3-10)7-17-9-14-13(16)6-12(15)8-18-14/h2-6,8,17H,7,9H2,1H3. The first kappa shape index (κ1) is 13.7. The van der Waals surface area contributed by atoms with Gasteiger partial charge in [-0.25, -0.2) is 0 Å². The summed E-state index contributed by atoms with van der Waals surface area (Å²) in [7, 11) is 0. The Balaban J connectivity index is 1.90. The number of pyridine rings is 1. The van der Waals surface area contributed by atoms with E-state index in [-0.39, 0.29) is 0 Å². The molecule has 18 heavy (non-hydrogen) atoms. The second-order valence-corrected chi connectivity index (χ2v) is 5.94. The third-order valence-electron chi connectivity index (χ3n) is 2.63. The summed E-state index contributed by atoms with van der Waals surface area (Å²) < 4.78 is 2.00. The van der Waals surface area contributed by atoms with Crippen LogP contribution in [-0.2, 0) is 13.1 Å². The number of hydrogen-bond donors (Lipinski definition) is 1. The highest BCUT2D eigenvalue weighted by Crippen LogP contribution is 2.19. The summed E-state index contributed by atoms with van der Waals surface area (Å²) in [4.78, 5) is 4.37. The Labute approximate surface area is 124 Å². The summed E-state index contributed by atoms with van der Waals surface area (Å²) >= 11 is 6.91. The van der Waals surface area contributed by atoms with Crippen molar-refractivity contribution < 1.29 is 0 Å². The van der Waals surface area contributed by atoms with Gasteiger partial charge in [0.05, 0.1) is 5.69 Å². The van der Waals surface area contributed by atoms with Crippen molar-refractivity contribution in [3.8, 4) is 0 Å². The summed E-state index contributed by atoms with van der Waals surface area (Å²) in [6.07, 6.45) is 1.81. The van der Waals surface area contributed by atoms with Crippen molar-refractivity contribution in [2.24, 2.45) is 0 Å². The molecule has 2 aromatic rings. The molecule has 0 saturated carbocycles. The molecule has 1 aromatic heterocycles. The summed E-state index contributed by atoms with van der Waals surface area (Å²) in [6.45, 7) is 3.70. The molecule has 0 amide bonds. The predicted octanol–water partition coefficient (Wildman–Crippen LogP) is 4.20. The molecule has 0 radical (unpaired) electrons. The molecule has 0 aliphatic rings. The van der Waals surface area contributed by atoms with Crippen molar-refractivity contribution in [2.75, 3.05) is 0 Å². The lowest BCUT2D eigenvalue weighted by atomic mass is 10.1. The van der Waals surface area contributed by atoms with Gasteiger partial charge in [-0.15, -0.1) is 0 Å². The highest BCUT2D eigenvalue weighted by Gasteiger charge is 2.02. The Morgan fingerprint density at radius 1 is 1.11 bits per heavy atom. The fraction of sp³-hybridized carbons (Fsp3) is 0.214. The predicted molar refractivity (Wildman–Crippen MR) is 81.4 cm³/mol. The lowest BCUT2D eigenvalue weighted by molar-refractivity contribution is 0.677. The van der Waals surface area contributed by atoms with Gasteiger partial charge in [0.25, 0.3) is 0 Å². The van der Waals surface area contributed by atoms with Gasteiger partial charge in [-0.3, -0.25) is 4.98 Å². The highest BCUT2D eigenvalue weighted by molar-refractivity contribution is 9.11. The van der Waals surface area contributed by atoms with Crippen LogP contribution in [-0.4, -0.2) is 4.98 Å². The maximum atomic E-state index is 4.37. The Bertz CT molecular complexity index is 524. The lowest BCUT2D eigenvalue weighted by Crippen LogP contribution is -2.14. The molecular weight excluding hydrogens is 356 g/mol. The second-order valence-electron chi connectivity index (χ2n) is 4.17. The zero-order valence-electron chi connectivity index (χ0n) is 10.1. The molecular formula is C14H14Br2N2. The van der Waals surface area contributed by atoms with E-state index in [9.17, 15) is 0 Å². The van der Waals surface area contributed by atoms with E-state index in [0.717, 1.165) is 27.7 Å². The maximum Gasteiger partial charge on any atom is 0.0684 e. The minimum atomic E-state index is 0.752. The SMILES string of the molecule is Cc1ccc(CNCc2ncc(Br)cc2Br)cc1. The number of aryl methyl sites for hydroxylation is 1. The number of benzene rings is 1. The van der Waals surface area contributed by atoms with Crippen molar-refractivity contribution in [3.05, 3.63) is 62.3 Å². The molecule has 0 saturated heterocycles. The van der Waals surface area contributed by atoms with Gasteiger partial charge in [-0.1, -0.05) is 29.8 Å². The zero-order chi connectivity index (χ0) is 13.0. The normalized spacial score (nSPS) is 10.6. The summed E-state index contributed by atoms with van der Waals surface area (Å²) in [5.41, 5.74) is 3.59. The van der Waals surface area contributed by atoms with Gasteiger partial charge >= 0.3 is 0 Å². The average molecular weight is 370 g/mol. The van der Waals surface area contributed by atoms with Gasteiger partial charge in [0.1, 0.15) is 0 Å². The maximum absolute atomic E-state index is 4.37. The summed E-state index contributed by atoms with van der Waals surface area (Å²) in [5, 5.41) is 3.39. The van der Waals surface area contributed by atoms with E-state index in [2.05, 4.69) is 73.3 Å². The molecule has 0 atom stereocenters. The number of nitrogens with one attached hydrogen (secondary N) is 1. The van der Waals surface area contributed by atoms with E-state index in [1.54, 1.807) is 0 Å². The van der Waals surface area contributed by atoms with Crippen LogP contribution >= 0.6 is 31.9 Å². The van der Waals surface area contributed by atoms with Crippen LogP contribution in [0.2, 0.25) is 0 Å². The molecule has 1 aromatic carbocycles. The molecule has 2 rings (SSSR count). The molecule has 0 fully saturated rings. The quantitative estimate of drug-likeness (QED) is 0.873.